The van der Waals surface area contributed by atoms with E-state index < -0.39 is 0 Å². The maximum atomic E-state index is 12.1. The number of benzene rings is 2. The maximum Gasteiger partial charge on any atom is 0.228 e. The molecule has 0 aliphatic carbocycles. The number of nitrogens with one attached hydrogen (secondary N) is 2. The second-order valence-electron chi connectivity index (χ2n) is 7.60. The molecule has 0 spiro atoms. The minimum atomic E-state index is -0.0542. The van der Waals surface area contributed by atoms with Crippen molar-refractivity contribution in [3.05, 3.63) is 84.1 Å². The van der Waals surface area contributed by atoms with Crippen LogP contribution in [0.2, 0.25) is 0 Å². The lowest BCUT2D eigenvalue weighted by atomic mass is 9.87. The second-order valence-corrected chi connectivity index (χ2v) is 7.60. The number of hydrogen-bond donors (Lipinski definition) is 2. The van der Waals surface area contributed by atoms with Gasteiger partial charge >= 0.3 is 0 Å². The number of carbonyl (C=O) groups excluding carboxylic acids is 1. The number of pyridine rings is 1. The quantitative estimate of drug-likeness (QED) is 0.649. The molecule has 2 aromatic carbocycles. The molecule has 1 heterocycles. The number of carbonyl (C=O) groups is 1. The number of rotatable bonds is 5. The van der Waals surface area contributed by atoms with Gasteiger partial charge in [-0.05, 0) is 40.8 Å². The minimum Gasteiger partial charge on any atom is -0.340 e. The zero-order chi connectivity index (χ0) is 19.3. The summed E-state index contributed by atoms with van der Waals surface area (Å²) in [4.78, 5) is 16.5. The van der Waals surface area contributed by atoms with Gasteiger partial charge in [0.05, 0.1) is 18.3 Å². The van der Waals surface area contributed by atoms with Crippen molar-refractivity contribution < 1.29 is 4.79 Å². The van der Waals surface area contributed by atoms with E-state index in [0.29, 0.717) is 12.1 Å². The van der Waals surface area contributed by atoms with E-state index in [4.69, 9.17) is 0 Å². The van der Waals surface area contributed by atoms with Gasteiger partial charge in [0.2, 0.25) is 5.91 Å². The fraction of sp³-hybridized carbons (Fsp3) is 0.217. The Kier molecular flexibility index (Phi) is 5.55. The molecule has 0 aliphatic rings. The highest BCUT2D eigenvalue weighted by Gasteiger charge is 2.12. The third-order valence-corrected chi connectivity index (χ3v) is 4.28. The summed E-state index contributed by atoms with van der Waals surface area (Å²) in [6, 6.07) is 21.7. The highest BCUT2D eigenvalue weighted by atomic mass is 16.1. The molecular weight excluding hydrogens is 334 g/mol. The Morgan fingerprint density at radius 1 is 0.889 bits per heavy atom. The van der Waals surface area contributed by atoms with Gasteiger partial charge in [-0.1, -0.05) is 63.2 Å². The number of amides is 1. The molecule has 1 amide bonds. The second kappa shape index (κ2) is 8.04. The fourth-order valence-electron chi connectivity index (χ4n) is 2.73. The van der Waals surface area contributed by atoms with E-state index in [0.717, 1.165) is 17.1 Å². The summed E-state index contributed by atoms with van der Waals surface area (Å²) in [7, 11) is 0. The summed E-state index contributed by atoms with van der Waals surface area (Å²) in [6.45, 7) is 6.59. The van der Waals surface area contributed by atoms with Gasteiger partial charge in [-0.25, -0.2) is 4.98 Å². The first kappa shape index (κ1) is 18.6. The van der Waals surface area contributed by atoms with Crippen molar-refractivity contribution in [1.82, 2.24) is 4.98 Å². The predicted octanol–water partition coefficient (Wildman–Crippen LogP) is 5.30. The first-order valence-electron chi connectivity index (χ1n) is 9.07. The lowest BCUT2D eigenvalue weighted by Gasteiger charge is -2.19. The molecule has 27 heavy (non-hydrogen) atoms. The molecule has 0 saturated carbocycles. The third kappa shape index (κ3) is 5.42. The molecule has 0 atom stereocenters. The molecule has 1 aromatic heterocycles. The van der Waals surface area contributed by atoms with E-state index in [9.17, 15) is 4.79 Å². The number of nitrogens with zero attached hydrogens (tertiary/aromatic N) is 1. The molecule has 0 saturated heterocycles. The van der Waals surface area contributed by atoms with Gasteiger partial charge in [0.15, 0.2) is 0 Å². The molecular formula is C23H25N3O. The Labute approximate surface area is 160 Å². The van der Waals surface area contributed by atoms with Crippen molar-refractivity contribution in [2.24, 2.45) is 0 Å². The average Bonchev–Trinajstić information content (AvgIpc) is 2.64. The number of hydrogen-bond acceptors (Lipinski definition) is 3. The van der Waals surface area contributed by atoms with E-state index in [-0.39, 0.29) is 11.3 Å². The van der Waals surface area contributed by atoms with E-state index in [1.54, 1.807) is 6.20 Å². The summed E-state index contributed by atoms with van der Waals surface area (Å²) >= 11 is 0. The van der Waals surface area contributed by atoms with Gasteiger partial charge in [0.25, 0.3) is 0 Å². The van der Waals surface area contributed by atoms with Gasteiger partial charge < -0.3 is 10.6 Å². The average molecular weight is 359 g/mol. The van der Waals surface area contributed by atoms with Crippen molar-refractivity contribution in [3.63, 3.8) is 0 Å². The van der Waals surface area contributed by atoms with Crippen molar-refractivity contribution in [2.75, 3.05) is 10.6 Å². The van der Waals surface area contributed by atoms with Gasteiger partial charge in [-0.2, -0.15) is 0 Å². The van der Waals surface area contributed by atoms with E-state index in [1.165, 1.54) is 5.56 Å². The Hall–Kier alpha value is -3.14. The van der Waals surface area contributed by atoms with E-state index in [2.05, 4.69) is 60.7 Å². The first-order chi connectivity index (χ1) is 12.9. The molecule has 138 valence electrons. The molecule has 0 bridgehead atoms. The zero-order valence-electron chi connectivity index (χ0n) is 16.0. The Morgan fingerprint density at radius 3 is 2.15 bits per heavy atom. The fourth-order valence-corrected chi connectivity index (χ4v) is 2.73. The van der Waals surface area contributed by atoms with Crippen LogP contribution in [0, 0.1) is 0 Å². The smallest absolute Gasteiger partial charge is 0.228 e. The standard InChI is InChI=1S/C23H25N3O/c1-23(2,3)18-9-11-19(12-10-18)25-21-14-13-20(16-24-21)26-22(27)15-17-7-5-4-6-8-17/h4-14,16H,15H2,1-3H3,(H,24,25)(H,26,27). The topological polar surface area (TPSA) is 54.0 Å². The summed E-state index contributed by atoms with van der Waals surface area (Å²) in [5, 5.41) is 6.16. The summed E-state index contributed by atoms with van der Waals surface area (Å²) in [6.07, 6.45) is 2.01. The molecule has 4 heteroatoms. The van der Waals surface area contributed by atoms with E-state index in [1.807, 2.05) is 42.5 Å². The van der Waals surface area contributed by atoms with Gasteiger partial charge in [-0.3, -0.25) is 4.79 Å². The van der Waals surface area contributed by atoms with Crippen molar-refractivity contribution in [2.45, 2.75) is 32.6 Å². The molecule has 0 fully saturated rings. The lowest BCUT2D eigenvalue weighted by molar-refractivity contribution is -0.115. The Balaban J connectivity index is 1.58. The number of anilines is 3. The van der Waals surface area contributed by atoms with Crippen molar-refractivity contribution in [1.29, 1.82) is 0 Å². The predicted molar refractivity (Wildman–Crippen MR) is 111 cm³/mol. The van der Waals surface area contributed by atoms with Crippen LogP contribution in [0.15, 0.2) is 72.9 Å². The summed E-state index contributed by atoms with van der Waals surface area (Å²) in [5.41, 5.74) is 4.08. The SMILES string of the molecule is CC(C)(C)c1ccc(Nc2ccc(NC(=O)Cc3ccccc3)cn2)cc1. The van der Waals surface area contributed by atoms with Crippen LogP contribution in [-0.2, 0) is 16.6 Å². The van der Waals surface area contributed by atoms with Crippen LogP contribution in [0.3, 0.4) is 0 Å². The van der Waals surface area contributed by atoms with Crippen LogP contribution in [0.5, 0.6) is 0 Å². The zero-order valence-corrected chi connectivity index (χ0v) is 16.0. The Morgan fingerprint density at radius 2 is 1.56 bits per heavy atom. The maximum absolute atomic E-state index is 12.1. The molecule has 3 aromatic rings. The number of aromatic nitrogens is 1. The van der Waals surface area contributed by atoms with E-state index >= 15 is 0 Å². The molecule has 4 nitrogen and oxygen atoms in total. The van der Waals surface area contributed by atoms with Gasteiger partial charge in [-0.15, -0.1) is 0 Å². The van der Waals surface area contributed by atoms with Gasteiger partial charge in [0, 0.05) is 5.69 Å². The van der Waals surface area contributed by atoms with Crippen LogP contribution >= 0.6 is 0 Å². The van der Waals surface area contributed by atoms with Crippen molar-refractivity contribution in [3.8, 4) is 0 Å². The molecule has 2 N–H and O–H groups in total. The lowest BCUT2D eigenvalue weighted by Crippen LogP contribution is -2.14. The monoisotopic (exact) mass is 359 g/mol. The van der Waals surface area contributed by atoms with Crippen molar-refractivity contribution >= 4 is 23.1 Å². The van der Waals surface area contributed by atoms with Crippen LogP contribution in [0.1, 0.15) is 31.9 Å². The molecule has 0 unspecified atom stereocenters. The third-order valence-electron chi connectivity index (χ3n) is 4.28. The normalized spacial score (nSPS) is 11.1. The minimum absolute atomic E-state index is 0.0542. The first-order valence-corrected chi connectivity index (χ1v) is 9.07. The largest absolute Gasteiger partial charge is 0.340 e. The summed E-state index contributed by atoms with van der Waals surface area (Å²) < 4.78 is 0. The van der Waals surface area contributed by atoms with Crippen LogP contribution < -0.4 is 10.6 Å². The highest BCUT2D eigenvalue weighted by Crippen LogP contribution is 2.24. The molecule has 3 rings (SSSR count). The van der Waals surface area contributed by atoms with Gasteiger partial charge in [0.1, 0.15) is 5.82 Å². The van der Waals surface area contributed by atoms with Crippen LogP contribution in [-0.4, -0.2) is 10.9 Å². The molecule has 0 aliphatic heterocycles. The molecule has 0 radical (unpaired) electrons. The Bertz CT molecular complexity index is 880. The highest BCUT2D eigenvalue weighted by molar-refractivity contribution is 5.92. The summed E-state index contributed by atoms with van der Waals surface area (Å²) in [5.74, 6) is 0.682. The van der Waals surface area contributed by atoms with Crippen LogP contribution in [0.4, 0.5) is 17.2 Å². The van der Waals surface area contributed by atoms with Crippen LogP contribution in [0.25, 0.3) is 0 Å².